The van der Waals surface area contributed by atoms with Crippen molar-refractivity contribution in [2.24, 2.45) is 5.92 Å². The molecule has 1 fully saturated rings. The summed E-state index contributed by atoms with van der Waals surface area (Å²) in [6.45, 7) is 5.14. The van der Waals surface area contributed by atoms with Crippen LogP contribution in [0.25, 0.3) is 0 Å². The van der Waals surface area contributed by atoms with Gasteiger partial charge in [-0.15, -0.1) is 0 Å². The van der Waals surface area contributed by atoms with Crippen LogP contribution in [0, 0.1) is 19.8 Å². The standard InChI is InChI=1S/C22H25BrN2O2/c1-15-6-9-19(10-7-15)24(3)21(26)17-5-4-12-25(14-17)22(27)20-11-8-18(23)13-16(20)2/h6-11,13,17H,4-5,12,14H2,1-3H3. The normalized spacial score (nSPS) is 16.9. The number of rotatable bonds is 3. The van der Waals surface area contributed by atoms with Crippen molar-refractivity contribution in [2.75, 3.05) is 25.0 Å². The fourth-order valence-electron chi connectivity index (χ4n) is 3.57. The fraction of sp³-hybridized carbons (Fsp3) is 0.364. The van der Waals surface area contributed by atoms with Gasteiger partial charge in [0.05, 0.1) is 5.92 Å². The second-order valence-corrected chi connectivity index (χ2v) is 8.20. The quantitative estimate of drug-likeness (QED) is 0.717. The molecule has 2 amide bonds. The van der Waals surface area contributed by atoms with Crippen molar-refractivity contribution < 1.29 is 9.59 Å². The van der Waals surface area contributed by atoms with Crippen LogP contribution in [0.15, 0.2) is 46.9 Å². The van der Waals surface area contributed by atoms with E-state index in [9.17, 15) is 9.59 Å². The highest BCUT2D eigenvalue weighted by Crippen LogP contribution is 2.25. The molecule has 2 aromatic rings. The summed E-state index contributed by atoms with van der Waals surface area (Å²) in [4.78, 5) is 29.5. The largest absolute Gasteiger partial charge is 0.338 e. The predicted octanol–water partition coefficient (Wildman–Crippen LogP) is 4.58. The topological polar surface area (TPSA) is 40.6 Å². The Kier molecular flexibility index (Phi) is 6.00. The first-order valence-electron chi connectivity index (χ1n) is 9.26. The van der Waals surface area contributed by atoms with E-state index in [-0.39, 0.29) is 17.7 Å². The van der Waals surface area contributed by atoms with E-state index in [1.54, 1.807) is 4.90 Å². The van der Waals surface area contributed by atoms with Crippen LogP contribution >= 0.6 is 15.9 Å². The molecular formula is C22H25BrN2O2. The molecule has 1 atom stereocenters. The molecule has 0 N–H and O–H groups in total. The first kappa shape index (κ1) is 19.6. The zero-order valence-corrected chi connectivity index (χ0v) is 17.6. The van der Waals surface area contributed by atoms with Gasteiger partial charge in [-0.3, -0.25) is 9.59 Å². The molecule has 0 spiro atoms. The Morgan fingerprint density at radius 3 is 2.48 bits per heavy atom. The third-order valence-corrected chi connectivity index (χ3v) is 5.72. The highest BCUT2D eigenvalue weighted by Gasteiger charge is 2.31. The van der Waals surface area contributed by atoms with Crippen molar-refractivity contribution in [1.29, 1.82) is 0 Å². The molecule has 0 aliphatic carbocycles. The van der Waals surface area contributed by atoms with Crippen molar-refractivity contribution in [1.82, 2.24) is 4.90 Å². The maximum absolute atomic E-state index is 13.0. The number of nitrogens with zero attached hydrogens (tertiary/aromatic N) is 2. The minimum Gasteiger partial charge on any atom is -0.338 e. The average Bonchev–Trinajstić information content (AvgIpc) is 2.67. The smallest absolute Gasteiger partial charge is 0.254 e. The number of likely N-dealkylation sites (tertiary alicyclic amines) is 1. The molecule has 4 nitrogen and oxygen atoms in total. The van der Waals surface area contributed by atoms with Gasteiger partial charge in [0.1, 0.15) is 0 Å². The van der Waals surface area contributed by atoms with Crippen molar-refractivity contribution in [3.05, 3.63) is 63.6 Å². The van der Waals surface area contributed by atoms with E-state index < -0.39 is 0 Å². The Morgan fingerprint density at radius 1 is 1.11 bits per heavy atom. The number of hydrogen-bond acceptors (Lipinski definition) is 2. The van der Waals surface area contributed by atoms with Crippen LogP contribution in [0.5, 0.6) is 0 Å². The maximum atomic E-state index is 13.0. The molecule has 5 heteroatoms. The number of piperidine rings is 1. The van der Waals surface area contributed by atoms with Crippen LogP contribution in [-0.2, 0) is 4.79 Å². The van der Waals surface area contributed by atoms with Crippen molar-refractivity contribution >= 4 is 33.4 Å². The van der Waals surface area contributed by atoms with E-state index in [4.69, 9.17) is 0 Å². The third kappa shape index (κ3) is 4.41. The van der Waals surface area contributed by atoms with Gasteiger partial charge in [-0.05, 0) is 62.6 Å². The van der Waals surface area contributed by atoms with E-state index in [1.165, 1.54) is 5.56 Å². The number of anilines is 1. The minimum atomic E-state index is -0.162. The molecule has 0 radical (unpaired) electrons. The Morgan fingerprint density at radius 2 is 1.81 bits per heavy atom. The Labute approximate surface area is 169 Å². The number of carbonyl (C=O) groups is 2. The summed E-state index contributed by atoms with van der Waals surface area (Å²) in [5.41, 5.74) is 3.70. The van der Waals surface area contributed by atoms with E-state index >= 15 is 0 Å². The van der Waals surface area contributed by atoms with Gasteiger partial charge >= 0.3 is 0 Å². The second kappa shape index (κ2) is 8.26. The molecule has 1 aliphatic rings. The van der Waals surface area contributed by atoms with E-state index in [0.29, 0.717) is 18.7 Å². The van der Waals surface area contributed by atoms with Gasteiger partial charge in [-0.1, -0.05) is 33.6 Å². The van der Waals surface area contributed by atoms with Crippen LogP contribution in [-0.4, -0.2) is 36.9 Å². The zero-order chi connectivity index (χ0) is 19.6. The summed E-state index contributed by atoms with van der Waals surface area (Å²) in [7, 11) is 1.81. The number of amides is 2. The van der Waals surface area contributed by atoms with Gasteiger partial charge in [-0.25, -0.2) is 0 Å². The van der Waals surface area contributed by atoms with Crippen LogP contribution < -0.4 is 4.90 Å². The summed E-state index contributed by atoms with van der Waals surface area (Å²) >= 11 is 3.44. The predicted molar refractivity (Wildman–Crippen MR) is 112 cm³/mol. The van der Waals surface area contributed by atoms with E-state index in [1.807, 2.05) is 68.3 Å². The summed E-state index contributed by atoms with van der Waals surface area (Å²) in [6, 6.07) is 13.6. The first-order chi connectivity index (χ1) is 12.9. The summed E-state index contributed by atoms with van der Waals surface area (Å²) < 4.78 is 0.961. The van der Waals surface area contributed by atoms with Gasteiger partial charge < -0.3 is 9.80 Å². The number of carbonyl (C=O) groups excluding carboxylic acids is 2. The molecule has 0 saturated carbocycles. The molecule has 1 aliphatic heterocycles. The highest BCUT2D eigenvalue weighted by molar-refractivity contribution is 9.10. The summed E-state index contributed by atoms with van der Waals surface area (Å²) in [5, 5.41) is 0. The Bertz CT molecular complexity index is 848. The monoisotopic (exact) mass is 428 g/mol. The SMILES string of the molecule is Cc1ccc(N(C)C(=O)C2CCCN(C(=O)c3ccc(Br)cc3C)C2)cc1. The molecule has 1 saturated heterocycles. The number of aryl methyl sites for hydroxylation is 2. The van der Waals surface area contributed by atoms with Crippen molar-refractivity contribution in [2.45, 2.75) is 26.7 Å². The fourth-order valence-corrected chi connectivity index (χ4v) is 4.05. The molecule has 0 bridgehead atoms. The minimum absolute atomic E-state index is 0.00971. The summed E-state index contributed by atoms with van der Waals surface area (Å²) in [6.07, 6.45) is 1.66. The molecule has 2 aromatic carbocycles. The summed E-state index contributed by atoms with van der Waals surface area (Å²) in [5.74, 6) is -0.0795. The molecule has 27 heavy (non-hydrogen) atoms. The third-order valence-electron chi connectivity index (χ3n) is 5.23. The number of halogens is 1. The lowest BCUT2D eigenvalue weighted by Gasteiger charge is -2.34. The van der Waals surface area contributed by atoms with Gasteiger partial charge in [0.2, 0.25) is 5.91 Å². The van der Waals surface area contributed by atoms with Crippen molar-refractivity contribution in [3.8, 4) is 0 Å². The lowest BCUT2D eigenvalue weighted by atomic mass is 9.95. The van der Waals surface area contributed by atoms with Crippen LogP contribution in [0.4, 0.5) is 5.69 Å². The van der Waals surface area contributed by atoms with Crippen LogP contribution in [0.1, 0.15) is 34.3 Å². The van der Waals surface area contributed by atoms with Gasteiger partial charge in [0, 0.05) is 35.9 Å². The Balaban J connectivity index is 1.72. The number of hydrogen-bond donors (Lipinski definition) is 0. The first-order valence-corrected chi connectivity index (χ1v) is 10.1. The zero-order valence-electron chi connectivity index (χ0n) is 16.0. The molecule has 1 heterocycles. The maximum Gasteiger partial charge on any atom is 0.254 e. The molecule has 1 unspecified atom stereocenters. The second-order valence-electron chi connectivity index (χ2n) is 7.28. The molecular weight excluding hydrogens is 404 g/mol. The lowest BCUT2D eigenvalue weighted by Crippen LogP contribution is -2.46. The van der Waals surface area contributed by atoms with Gasteiger partial charge in [0.25, 0.3) is 5.91 Å². The van der Waals surface area contributed by atoms with Gasteiger partial charge in [-0.2, -0.15) is 0 Å². The molecule has 3 rings (SSSR count). The van der Waals surface area contributed by atoms with E-state index in [0.717, 1.165) is 28.6 Å². The lowest BCUT2D eigenvalue weighted by molar-refractivity contribution is -0.123. The van der Waals surface area contributed by atoms with E-state index in [2.05, 4.69) is 15.9 Å². The van der Waals surface area contributed by atoms with Crippen LogP contribution in [0.2, 0.25) is 0 Å². The molecule has 0 aromatic heterocycles. The van der Waals surface area contributed by atoms with Crippen molar-refractivity contribution in [3.63, 3.8) is 0 Å². The van der Waals surface area contributed by atoms with Crippen LogP contribution in [0.3, 0.4) is 0 Å². The Hall–Kier alpha value is -2.14. The average molecular weight is 429 g/mol. The molecule has 142 valence electrons. The highest BCUT2D eigenvalue weighted by atomic mass is 79.9. The van der Waals surface area contributed by atoms with Gasteiger partial charge in [0.15, 0.2) is 0 Å². The number of benzene rings is 2.